The Balaban J connectivity index is 2.31. The number of hydrogen-bond donors (Lipinski definition) is 0. The Bertz CT molecular complexity index is 280. The van der Waals surface area contributed by atoms with Crippen LogP contribution in [0.4, 0.5) is 0 Å². The highest BCUT2D eigenvalue weighted by Gasteiger charge is 2.28. The van der Waals surface area contributed by atoms with Gasteiger partial charge in [-0.15, -0.1) is 0 Å². The molecule has 1 aliphatic rings. The molecule has 1 saturated heterocycles. The fourth-order valence-corrected chi connectivity index (χ4v) is 2.19. The number of piperidine rings is 1. The van der Waals surface area contributed by atoms with E-state index in [2.05, 4.69) is 0 Å². The van der Waals surface area contributed by atoms with Crippen molar-refractivity contribution in [1.29, 1.82) is 0 Å². The first-order valence-electron chi connectivity index (χ1n) is 6.62. The zero-order valence-electron chi connectivity index (χ0n) is 11.3. The van der Waals surface area contributed by atoms with Crippen LogP contribution < -0.4 is 0 Å². The SMILES string of the molecule is CCOCCCC(=O)N1CCCC(C(=O)OC)C1. The summed E-state index contributed by atoms with van der Waals surface area (Å²) in [5, 5.41) is 0. The number of carbonyl (C=O) groups excluding carboxylic acids is 2. The van der Waals surface area contributed by atoms with E-state index < -0.39 is 0 Å². The van der Waals surface area contributed by atoms with Gasteiger partial charge in [-0.05, 0) is 26.2 Å². The first kappa shape index (κ1) is 15.0. The highest BCUT2D eigenvalue weighted by Crippen LogP contribution is 2.18. The standard InChI is InChI=1S/C13H23NO4/c1-3-18-9-5-7-12(15)14-8-4-6-11(10-14)13(16)17-2/h11H,3-10H2,1-2H3. The number of carbonyl (C=O) groups is 2. The molecule has 0 aromatic rings. The second-order valence-electron chi connectivity index (χ2n) is 4.50. The van der Waals surface area contributed by atoms with Gasteiger partial charge in [0.15, 0.2) is 0 Å². The van der Waals surface area contributed by atoms with Crippen LogP contribution >= 0.6 is 0 Å². The molecule has 104 valence electrons. The third kappa shape index (κ3) is 4.64. The molecule has 0 radical (unpaired) electrons. The van der Waals surface area contributed by atoms with Crippen molar-refractivity contribution in [3.63, 3.8) is 0 Å². The van der Waals surface area contributed by atoms with Crippen molar-refractivity contribution >= 4 is 11.9 Å². The molecule has 1 amide bonds. The second kappa shape index (κ2) is 8.08. The Kier molecular flexibility index (Phi) is 6.72. The fraction of sp³-hybridized carbons (Fsp3) is 0.846. The lowest BCUT2D eigenvalue weighted by Crippen LogP contribution is -2.42. The van der Waals surface area contributed by atoms with Crippen LogP contribution in [0, 0.1) is 5.92 Å². The summed E-state index contributed by atoms with van der Waals surface area (Å²) in [7, 11) is 1.39. The molecule has 1 unspecified atom stereocenters. The fourth-order valence-electron chi connectivity index (χ4n) is 2.19. The Labute approximate surface area is 108 Å². The molecule has 0 saturated carbocycles. The van der Waals surface area contributed by atoms with Crippen LogP contribution in [0.15, 0.2) is 0 Å². The highest BCUT2D eigenvalue weighted by atomic mass is 16.5. The van der Waals surface area contributed by atoms with Crippen molar-refractivity contribution in [3.05, 3.63) is 0 Å². The second-order valence-corrected chi connectivity index (χ2v) is 4.50. The number of likely N-dealkylation sites (tertiary alicyclic amines) is 1. The van der Waals surface area contributed by atoms with Crippen LogP contribution in [0.1, 0.15) is 32.6 Å². The maximum Gasteiger partial charge on any atom is 0.310 e. The minimum Gasteiger partial charge on any atom is -0.469 e. The summed E-state index contributed by atoms with van der Waals surface area (Å²) < 4.78 is 9.94. The van der Waals surface area contributed by atoms with E-state index in [0.717, 1.165) is 25.8 Å². The lowest BCUT2D eigenvalue weighted by Gasteiger charge is -2.31. The van der Waals surface area contributed by atoms with Crippen LogP contribution in [0.2, 0.25) is 0 Å². The minimum atomic E-state index is -0.207. The summed E-state index contributed by atoms with van der Waals surface area (Å²) in [6, 6.07) is 0. The number of esters is 1. The van der Waals surface area contributed by atoms with Crippen LogP contribution in [0.5, 0.6) is 0 Å². The molecule has 5 heteroatoms. The van der Waals surface area contributed by atoms with Crippen molar-refractivity contribution in [2.75, 3.05) is 33.4 Å². The number of hydrogen-bond acceptors (Lipinski definition) is 4. The van der Waals surface area contributed by atoms with Crippen LogP contribution in [-0.4, -0.2) is 50.2 Å². The van der Waals surface area contributed by atoms with Crippen LogP contribution in [0.3, 0.4) is 0 Å². The molecular weight excluding hydrogens is 234 g/mol. The molecule has 5 nitrogen and oxygen atoms in total. The molecule has 0 aromatic carbocycles. The summed E-state index contributed by atoms with van der Waals surface area (Å²) in [6.45, 7) is 4.49. The monoisotopic (exact) mass is 257 g/mol. The van der Waals surface area contributed by atoms with Gasteiger partial charge in [-0.1, -0.05) is 0 Å². The van der Waals surface area contributed by atoms with Gasteiger partial charge in [-0.25, -0.2) is 0 Å². The summed E-state index contributed by atoms with van der Waals surface area (Å²) >= 11 is 0. The van der Waals surface area contributed by atoms with Gasteiger partial charge in [-0.2, -0.15) is 0 Å². The molecule has 1 heterocycles. The van der Waals surface area contributed by atoms with Crippen LogP contribution in [0.25, 0.3) is 0 Å². The van der Waals surface area contributed by atoms with Gasteiger partial charge < -0.3 is 14.4 Å². The Hall–Kier alpha value is -1.10. The number of methoxy groups -OCH3 is 1. The normalized spacial score (nSPS) is 19.7. The maximum atomic E-state index is 11.9. The summed E-state index contributed by atoms with van der Waals surface area (Å²) in [6.07, 6.45) is 2.92. The van der Waals surface area contributed by atoms with Gasteiger partial charge in [-0.3, -0.25) is 9.59 Å². The van der Waals surface area contributed by atoms with Crippen LogP contribution in [-0.2, 0) is 19.1 Å². The van der Waals surface area contributed by atoms with Gasteiger partial charge in [0.2, 0.25) is 5.91 Å². The van der Waals surface area contributed by atoms with Gasteiger partial charge >= 0.3 is 5.97 Å². The molecule has 0 aliphatic carbocycles. The first-order chi connectivity index (χ1) is 8.69. The zero-order valence-corrected chi connectivity index (χ0v) is 11.3. The molecular formula is C13H23NO4. The molecule has 1 rings (SSSR count). The predicted octanol–water partition coefficient (Wildman–Crippen LogP) is 1.21. The van der Waals surface area contributed by atoms with Crippen molar-refractivity contribution in [1.82, 2.24) is 4.90 Å². The third-order valence-corrected chi connectivity index (χ3v) is 3.19. The van der Waals surface area contributed by atoms with E-state index in [1.807, 2.05) is 6.92 Å². The van der Waals surface area contributed by atoms with E-state index in [1.165, 1.54) is 7.11 Å². The molecule has 0 N–H and O–H groups in total. The molecule has 1 fully saturated rings. The maximum absolute atomic E-state index is 11.9. The minimum absolute atomic E-state index is 0.114. The number of nitrogens with zero attached hydrogens (tertiary/aromatic N) is 1. The van der Waals surface area contributed by atoms with Gasteiger partial charge in [0.25, 0.3) is 0 Å². The van der Waals surface area contributed by atoms with E-state index >= 15 is 0 Å². The van der Waals surface area contributed by atoms with Gasteiger partial charge in [0, 0.05) is 32.7 Å². The van der Waals surface area contributed by atoms with Crippen molar-refractivity contribution in [3.8, 4) is 0 Å². The average molecular weight is 257 g/mol. The van der Waals surface area contributed by atoms with Crippen molar-refractivity contribution in [2.24, 2.45) is 5.92 Å². The summed E-state index contributed by atoms with van der Waals surface area (Å²) in [4.78, 5) is 25.2. The molecule has 0 aromatic heterocycles. The number of amides is 1. The van der Waals surface area contributed by atoms with Gasteiger partial charge in [0.1, 0.15) is 0 Å². The Morgan fingerprint density at radius 2 is 2.17 bits per heavy atom. The zero-order chi connectivity index (χ0) is 13.4. The molecule has 18 heavy (non-hydrogen) atoms. The largest absolute Gasteiger partial charge is 0.469 e. The number of rotatable bonds is 6. The van der Waals surface area contributed by atoms with E-state index in [9.17, 15) is 9.59 Å². The first-order valence-corrected chi connectivity index (χ1v) is 6.62. The topological polar surface area (TPSA) is 55.8 Å². The lowest BCUT2D eigenvalue weighted by atomic mass is 9.98. The van der Waals surface area contributed by atoms with Crippen molar-refractivity contribution in [2.45, 2.75) is 32.6 Å². The van der Waals surface area contributed by atoms with E-state index in [4.69, 9.17) is 9.47 Å². The molecule has 1 aliphatic heterocycles. The molecule has 1 atom stereocenters. The quantitative estimate of drug-likeness (QED) is 0.530. The molecule has 0 spiro atoms. The smallest absolute Gasteiger partial charge is 0.310 e. The molecule has 0 bridgehead atoms. The highest BCUT2D eigenvalue weighted by molar-refractivity contribution is 5.78. The lowest BCUT2D eigenvalue weighted by molar-refractivity contribution is -0.149. The van der Waals surface area contributed by atoms with E-state index in [1.54, 1.807) is 4.90 Å². The Morgan fingerprint density at radius 1 is 1.39 bits per heavy atom. The third-order valence-electron chi connectivity index (χ3n) is 3.19. The van der Waals surface area contributed by atoms with E-state index in [0.29, 0.717) is 26.2 Å². The van der Waals surface area contributed by atoms with Gasteiger partial charge in [0.05, 0.1) is 13.0 Å². The average Bonchev–Trinajstić information content (AvgIpc) is 2.42. The van der Waals surface area contributed by atoms with E-state index in [-0.39, 0.29) is 17.8 Å². The number of ether oxygens (including phenoxy) is 2. The Morgan fingerprint density at radius 3 is 2.83 bits per heavy atom. The predicted molar refractivity (Wildman–Crippen MR) is 67.0 cm³/mol. The van der Waals surface area contributed by atoms with Crippen molar-refractivity contribution < 1.29 is 19.1 Å². The summed E-state index contributed by atoms with van der Waals surface area (Å²) in [5.74, 6) is -0.246. The summed E-state index contributed by atoms with van der Waals surface area (Å²) in [5.41, 5.74) is 0.